The van der Waals surface area contributed by atoms with Gasteiger partial charge in [-0.25, -0.2) is 15.0 Å². The molecule has 0 aliphatic carbocycles. The Hall–Kier alpha value is -2.65. The van der Waals surface area contributed by atoms with Crippen LogP contribution in [0.3, 0.4) is 0 Å². The van der Waals surface area contributed by atoms with Crippen LogP contribution in [-0.2, 0) is 30.4 Å². The zero-order valence-electron chi connectivity index (χ0n) is 14.9. The Bertz CT molecular complexity index is 581. The van der Waals surface area contributed by atoms with Crippen molar-refractivity contribution in [3.63, 3.8) is 0 Å². The number of alkyl carbamates (subject to hydrolysis) is 1. The molecular formula is C17H25N3O6. The van der Waals surface area contributed by atoms with Crippen LogP contribution in [0.4, 0.5) is 4.79 Å². The lowest BCUT2D eigenvalue weighted by molar-refractivity contribution is -0.143. The molecule has 0 fully saturated rings. The fourth-order valence-corrected chi connectivity index (χ4v) is 2.24. The summed E-state index contributed by atoms with van der Waals surface area (Å²) in [6, 6.07) is 7.57. The summed E-state index contributed by atoms with van der Waals surface area (Å²) in [4.78, 5) is 35.2. The average molecular weight is 367 g/mol. The van der Waals surface area contributed by atoms with Crippen LogP contribution in [0, 0.1) is 0 Å². The van der Waals surface area contributed by atoms with Crippen molar-refractivity contribution >= 4 is 18.0 Å². The number of methoxy groups -OCH3 is 2. The van der Waals surface area contributed by atoms with E-state index in [-0.39, 0.29) is 13.0 Å². The third kappa shape index (κ3) is 7.49. The lowest BCUT2D eigenvalue weighted by atomic mass is 10.1. The monoisotopic (exact) mass is 367 g/mol. The van der Waals surface area contributed by atoms with E-state index >= 15 is 0 Å². The first kappa shape index (κ1) is 21.4. The van der Waals surface area contributed by atoms with Gasteiger partial charge in [-0.3, -0.25) is 10.6 Å². The average Bonchev–Trinajstić information content (AvgIpc) is 2.68. The van der Waals surface area contributed by atoms with E-state index in [0.717, 1.165) is 5.56 Å². The van der Waals surface area contributed by atoms with E-state index < -0.39 is 30.1 Å². The molecule has 26 heavy (non-hydrogen) atoms. The van der Waals surface area contributed by atoms with E-state index in [4.69, 9.17) is 10.6 Å². The van der Waals surface area contributed by atoms with Crippen LogP contribution in [0.15, 0.2) is 30.3 Å². The number of nitrogens with two attached hydrogens (primary N) is 1. The minimum Gasteiger partial charge on any atom is -0.468 e. The molecular weight excluding hydrogens is 342 g/mol. The van der Waals surface area contributed by atoms with Gasteiger partial charge in [0.1, 0.15) is 18.7 Å². The Morgan fingerprint density at radius 2 is 1.58 bits per heavy atom. The van der Waals surface area contributed by atoms with Crippen LogP contribution < -0.4 is 16.6 Å². The van der Waals surface area contributed by atoms with Crippen LogP contribution in [0.1, 0.15) is 24.8 Å². The molecule has 1 rings (SSSR count). The number of ether oxygens (including phenoxy) is 3. The van der Waals surface area contributed by atoms with Crippen molar-refractivity contribution in [1.29, 1.82) is 0 Å². The van der Waals surface area contributed by atoms with Gasteiger partial charge in [0.2, 0.25) is 0 Å². The van der Waals surface area contributed by atoms with Crippen molar-refractivity contribution in [3.05, 3.63) is 35.9 Å². The van der Waals surface area contributed by atoms with E-state index in [9.17, 15) is 14.4 Å². The van der Waals surface area contributed by atoms with Gasteiger partial charge in [0.25, 0.3) is 0 Å². The molecule has 0 heterocycles. The minimum atomic E-state index is -0.889. The molecule has 0 unspecified atom stereocenters. The van der Waals surface area contributed by atoms with Gasteiger partial charge in [-0.05, 0) is 24.8 Å². The zero-order valence-corrected chi connectivity index (χ0v) is 14.9. The quantitative estimate of drug-likeness (QED) is 0.238. The number of hydrazine groups is 1. The smallest absolute Gasteiger partial charge is 0.408 e. The number of carbonyl (C=O) groups excluding carboxylic acids is 3. The topological polar surface area (TPSA) is 129 Å². The molecule has 1 aromatic carbocycles. The van der Waals surface area contributed by atoms with Gasteiger partial charge in [0.05, 0.1) is 14.2 Å². The predicted octanol–water partition coefficient (Wildman–Crippen LogP) is 0.630. The summed E-state index contributed by atoms with van der Waals surface area (Å²) in [5.74, 6) is 4.19. The van der Waals surface area contributed by atoms with E-state index in [0.29, 0.717) is 12.8 Å². The number of nitrogens with one attached hydrogen (secondary N) is 2. The molecule has 0 spiro atoms. The minimum absolute atomic E-state index is 0.0854. The number of hydrogen-bond acceptors (Lipinski definition) is 8. The Labute approximate surface area is 152 Å². The lowest BCUT2D eigenvalue weighted by Crippen LogP contribution is -2.44. The number of rotatable bonds is 10. The number of hydrogen-bond donors (Lipinski definition) is 3. The second kappa shape index (κ2) is 11.8. The van der Waals surface area contributed by atoms with Crippen molar-refractivity contribution in [1.82, 2.24) is 10.7 Å². The molecule has 0 aliphatic rings. The predicted molar refractivity (Wildman–Crippen MR) is 92.5 cm³/mol. The van der Waals surface area contributed by atoms with E-state index in [1.165, 1.54) is 14.2 Å². The van der Waals surface area contributed by atoms with Gasteiger partial charge >= 0.3 is 18.0 Å². The van der Waals surface area contributed by atoms with E-state index in [2.05, 4.69) is 20.2 Å². The van der Waals surface area contributed by atoms with Gasteiger partial charge in [0.15, 0.2) is 0 Å². The van der Waals surface area contributed by atoms with E-state index in [1.54, 1.807) is 0 Å². The third-order valence-corrected chi connectivity index (χ3v) is 3.66. The first-order chi connectivity index (χ1) is 12.5. The summed E-state index contributed by atoms with van der Waals surface area (Å²) >= 11 is 0. The second-order valence-corrected chi connectivity index (χ2v) is 5.46. The molecule has 4 N–H and O–H groups in total. The van der Waals surface area contributed by atoms with Crippen LogP contribution in [0.25, 0.3) is 0 Å². The Kier molecular flexibility index (Phi) is 9.73. The molecule has 9 heteroatoms. The maximum Gasteiger partial charge on any atom is 0.408 e. The van der Waals surface area contributed by atoms with Gasteiger partial charge in [-0.2, -0.15) is 0 Å². The summed E-state index contributed by atoms with van der Waals surface area (Å²) in [7, 11) is 2.49. The summed E-state index contributed by atoms with van der Waals surface area (Å²) in [5, 5.41) is 2.47. The summed E-state index contributed by atoms with van der Waals surface area (Å²) in [5.41, 5.74) is 3.17. The molecule has 0 aliphatic heterocycles. The molecule has 0 bridgehead atoms. The number of carbonyl (C=O) groups is 3. The highest BCUT2D eigenvalue weighted by Gasteiger charge is 2.24. The van der Waals surface area contributed by atoms with Crippen LogP contribution in [-0.4, -0.2) is 44.3 Å². The first-order valence-corrected chi connectivity index (χ1v) is 8.10. The highest BCUT2D eigenvalue weighted by Crippen LogP contribution is 2.08. The first-order valence-electron chi connectivity index (χ1n) is 8.10. The molecule has 1 amide bonds. The number of esters is 2. The largest absolute Gasteiger partial charge is 0.468 e. The van der Waals surface area contributed by atoms with E-state index in [1.807, 2.05) is 30.3 Å². The van der Waals surface area contributed by atoms with Gasteiger partial charge in [0, 0.05) is 0 Å². The zero-order chi connectivity index (χ0) is 19.4. The summed E-state index contributed by atoms with van der Waals surface area (Å²) in [6.45, 7) is 0.0854. The standard InChI is InChI=1S/C17H25N3O6/c1-24-15(21)13(9-6-10-14(20-18)16(22)25-2)19-17(23)26-11-12-7-4-3-5-8-12/h3-5,7-8,13-14,20H,6,9-11,18H2,1-2H3,(H,19,23)/t13-,14+/m0/s1. The van der Waals surface area contributed by atoms with Crippen molar-refractivity contribution in [2.45, 2.75) is 38.0 Å². The second-order valence-electron chi connectivity index (χ2n) is 5.46. The van der Waals surface area contributed by atoms with Crippen LogP contribution in [0.5, 0.6) is 0 Å². The molecule has 144 valence electrons. The van der Waals surface area contributed by atoms with Crippen molar-refractivity contribution in [2.75, 3.05) is 14.2 Å². The van der Waals surface area contributed by atoms with Crippen LogP contribution >= 0.6 is 0 Å². The maximum absolute atomic E-state index is 11.9. The SMILES string of the molecule is COC(=O)[C@H](CCC[C@@H](NN)C(=O)OC)NC(=O)OCc1ccccc1. The Morgan fingerprint density at radius 3 is 2.15 bits per heavy atom. The maximum atomic E-state index is 11.9. The van der Waals surface area contributed by atoms with Crippen molar-refractivity contribution in [3.8, 4) is 0 Å². The molecule has 0 saturated carbocycles. The molecule has 2 atom stereocenters. The third-order valence-electron chi connectivity index (χ3n) is 3.66. The summed E-state index contributed by atoms with van der Waals surface area (Å²) < 4.78 is 14.4. The number of amides is 1. The van der Waals surface area contributed by atoms with Crippen molar-refractivity contribution < 1.29 is 28.6 Å². The fraction of sp³-hybridized carbons (Fsp3) is 0.471. The molecule has 1 aromatic rings. The molecule has 9 nitrogen and oxygen atoms in total. The van der Waals surface area contributed by atoms with Crippen LogP contribution in [0.2, 0.25) is 0 Å². The molecule has 0 aromatic heterocycles. The van der Waals surface area contributed by atoms with Gasteiger partial charge < -0.3 is 19.5 Å². The molecule has 0 radical (unpaired) electrons. The Morgan fingerprint density at radius 1 is 1.00 bits per heavy atom. The highest BCUT2D eigenvalue weighted by molar-refractivity contribution is 5.81. The van der Waals surface area contributed by atoms with Gasteiger partial charge in [-0.1, -0.05) is 30.3 Å². The highest BCUT2D eigenvalue weighted by atomic mass is 16.6. The lowest BCUT2D eigenvalue weighted by Gasteiger charge is -2.18. The summed E-state index contributed by atoms with van der Waals surface area (Å²) in [6.07, 6.45) is 0.272. The Balaban J connectivity index is 2.48. The van der Waals surface area contributed by atoms with Crippen molar-refractivity contribution in [2.24, 2.45) is 5.84 Å². The molecule has 0 saturated heterocycles. The number of benzene rings is 1. The normalized spacial score (nSPS) is 12.6. The van der Waals surface area contributed by atoms with Gasteiger partial charge in [-0.15, -0.1) is 0 Å². The fourth-order valence-electron chi connectivity index (χ4n) is 2.24.